The smallest absolute Gasteiger partial charge is 0.225 e. The summed E-state index contributed by atoms with van der Waals surface area (Å²) >= 11 is 0. The zero-order chi connectivity index (χ0) is 13.2. The number of hydrogen-bond acceptors (Lipinski definition) is 5. The second-order valence-corrected chi connectivity index (χ2v) is 5.14. The standard InChI is InChI=1S/C13H21N3O2/c1-10-8-11(2)15-12(14-10)16(3)9-13(17)4-6-18-7-5-13/h8,17H,4-7,9H2,1-3H3. The van der Waals surface area contributed by atoms with E-state index in [0.717, 1.165) is 11.4 Å². The highest BCUT2D eigenvalue weighted by atomic mass is 16.5. The van der Waals surface area contributed by atoms with E-state index in [-0.39, 0.29) is 0 Å². The predicted octanol–water partition coefficient (Wildman–Crippen LogP) is 1.07. The molecule has 0 saturated carbocycles. The van der Waals surface area contributed by atoms with E-state index in [2.05, 4.69) is 9.97 Å². The zero-order valence-corrected chi connectivity index (χ0v) is 11.3. The van der Waals surface area contributed by atoms with Gasteiger partial charge in [0.15, 0.2) is 0 Å². The number of likely N-dealkylation sites (N-methyl/N-ethyl adjacent to an activating group) is 1. The predicted molar refractivity (Wildman–Crippen MR) is 69.8 cm³/mol. The summed E-state index contributed by atoms with van der Waals surface area (Å²) in [5, 5.41) is 10.5. The van der Waals surface area contributed by atoms with Gasteiger partial charge in [-0.15, -0.1) is 0 Å². The van der Waals surface area contributed by atoms with Crippen LogP contribution in [0.25, 0.3) is 0 Å². The minimum Gasteiger partial charge on any atom is -0.388 e. The summed E-state index contributed by atoms with van der Waals surface area (Å²) in [7, 11) is 1.92. The third-order valence-electron chi connectivity index (χ3n) is 3.27. The van der Waals surface area contributed by atoms with Crippen molar-refractivity contribution in [2.75, 3.05) is 31.7 Å². The van der Waals surface area contributed by atoms with Crippen LogP contribution in [0.5, 0.6) is 0 Å². The summed E-state index contributed by atoms with van der Waals surface area (Å²) in [6.07, 6.45) is 1.34. The first-order valence-corrected chi connectivity index (χ1v) is 6.32. The minimum absolute atomic E-state index is 0.541. The van der Waals surface area contributed by atoms with Gasteiger partial charge in [0.05, 0.1) is 5.60 Å². The molecule has 1 aliphatic heterocycles. The van der Waals surface area contributed by atoms with Crippen molar-refractivity contribution in [3.63, 3.8) is 0 Å². The number of hydrogen-bond donors (Lipinski definition) is 1. The Kier molecular flexibility index (Phi) is 3.82. The Bertz CT molecular complexity index is 396. The second-order valence-electron chi connectivity index (χ2n) is 5.14. The number of nitrogens with zero attached hydrogens (tertiary/aromatic N) is 3. The Morgan fingerprint density at radius 1 is 1.28 bits per heavy atom. The van der Waals surface area contributed by atoms with E-state index in [1.807, 2.05) is 31.9 Å². The van der Waals surface area contributed by atoms with Crippen LogP contribution in [0.4, 0.5) is 5.95 Å². The SMILES string of the molecule is Cc1cc(C)nc(N(C)CC2(O)CCOCC2)n1. The van der Waals surface area contributed by atoms with Crippen LogP contribution in [-0.2, 0) is 4.74 Å². The summed E-state index contributed by atoms with van der Waals surface area (Å²) in [5.74, 6) is 0.674. The highest BCUT2D eigenvalue weighted by Gasteiger charge is 2.31. The molecular weight excluding hydrogens is 230 g/mol. The molecule has 2 rings (SSSR count). The van der Waals surface area contributed by atoms with E-state index in [0.29, 0.717) is 38.5 Å². The molecule has 1 aromatic heterocycles. The number of anilines is 1. The van der Waals surface area contributed by atoms with Crippen LogP contribution in [0, 0.1) is 13.8 Å². The lowest BCUT2D eigenvalue weighted by Crippen LogP contribution is -2.46. The van der Waals surface area contributed by atoms with Gasteiger partial charge in [0.1, 0.15) is 0 Å². The van der Waals surface area contributed by atoms with Crippen molar-refractivity contribution < 1.29 is 9.84 Å². The molecule has 1 aliphatic rings. The maximum atomic E-state index is 10.5. The van der Waals surface area contributed by atoms with Crippen LogP contribution in [-0.4, -0.2) is 47.5 Å². The molecule has 5 heteroatoms. The van der Waals surface area contributed by atoms with Gasteiger partial charge in [-0.2, -0.15) is 0 Å². The fourth-order valence-electron chi connectivity index (χ4n) is 2.30. The first kappa shape index (κ1) is 13.2. The molecule has 0 atom stereocenters. The molecule has 1 fully saturated rings. The van der Waals surface area contributed by atoms with Gasteiger partial charge in [-0.3, -0.25) is 0 Å². The molecule has 0 aromatic carbocycles. The van der Waals surface area contributed by atoms with Crippen LogP contribution >= 0.6 is 0 Å². The third-order valence-corrected chi connectivity index (χ3v) is 3.27. The second kappa shape index (κ2) is 5.20. The van der Waals surface area contributed by atoms with Crippen molar-refractivity contribution in [2.45, 2.75) is 32.3 Å². The number of rotatable bonds is 3. The van der Waals surface area contributed by atoms with E-state index < -0.39 is 5.60 Å². The molecular formula is C13H21N3O2. The molecule has 0 aliphatic carbocycles. The Labute approximate surface area is 108 Å². The molecule has 0 amide bonds. The van der Waals surface area contributed by atoms with Crippen LogP contribution in [0.3, 0.4) is 0 Å². The average Bonchev–Trinajstić information content (AvgIpc) is 2.28. The maximum absolute atomic E-state index is 10.5. The third kappa shape index (κ3) is 3.17. The van der Waals surface area contributed by atoms with Gasteiger partial charge in [-0.05, 0) is 19.9 Å². The maximum Gasteiger partial charge on any atom is 0.225 e. The van der Waals surface area contributed by atoms with Gasteiger partial charge in [-0.1, -0.05) is 0 Å². The van der Waals surface area contributed by atoms with Crippen LogP contribution in [0.15, 0.2) is 6.07 Å². The molecule has 1 aromatic rings. The average molecular weight is 251 g/mol. The Morgan fingerprint density at radius 2 is 1.83 bits per heavy atom. The van der Waals surface area contributed by atoms with E-state index >= 15 is 0 Å². The minimum atomic E-state index is -0.686. The van der Waals surface area contributed by atoms with Gasteiger partial charge in [-0.25, -0.2) is 9.97 Å². The van der Waals surface area contributed by atoms with Crippen molar-refractivity contribution in [2.24, 2.45) is 0 Å². The molecule has 18 heavy (non-hydrogen) atoms. The molecule has 1 saturated heterocycles. The van der Waals surface area contributed by atoms with Gasteiger partial charge in [0.2, 0.25) is 5.95 Å². The van der Waals surface area contributed by atoms with Gasteiger partial charge in [0, 0.05) is 51.0 Å². The van der Waals surface area contributed by atoms with Gasteiger partial charge < -0.3 is 14.7 Å². The Morgan fingerprint density at radius 3 is 2.39 bits per heavy atom. The summed E-state index contributed by atoms with van der Waals surface area (Å²) in [6.45, 7) is 5.69. The van der Waals surface area contributed by atoms with E-state index in [1.165, 1.54) is 0 Å². The largest absolute Gasteiger partial charge is 0.388 e. The summed E-state index contributed by atoms with van der Waals surface area (Å²) in [5.41, 5.74) is 1.21. The lowest BCUT2D eigenvalue weighted by Gasteiger charge is -2.35. The monoisotopic (exact) mass is 251 g/mol. The zero-order valence-electron chi connectivity index (χ0n) is 11.3. The van der Waals surface area contributed by atoms with Crippen molar-refractivity contribution >= 4 is 5.95 Å². The topological polar surface area (TPSA) is 58.5 Å². The molecule has 5 nitrogen and oxygen atoms in total. The van der Waals surface area contributed by atoms with Gasteiger partial charge in [0.25, 0.3) is 0 Å². The van der Waals surface area contributed by atoms with Crippen LogP contribution in [0.1, 0.15) is 24.2 Å². The van der Waals surface area contributed by atoms with Crippen LogP contribution in [0.2, 0.25) is 0 Å². The molecule has 1 N–H and O–H groups in total. The van der Waals surface area contributed by atoms with Crippen molar-refractivity contribution in [3.8, 4) is 0 Å². The molecule has 0 spiro atoms. The molecule has 100 valence electrons. The number of aliphatic hydroxyl groups is 1. The van der Waals surface area contributed by atoms with Crippen molar-refractivity contribution in [1.29, 1.82) is 0 Å². The summed E-state index contributed by atoms with van der Waals surface area (Å²) < 4.78 is 5.28. The Balaban J connectivity index is 2.08. The molecule has 0 bridgehead atoms. The molecule has 0 unspecified atom stereocenters. The normalized spacial score (nSPS) is 18.7. The van der Waals surface area contributed by atoms with Crippen LogP contribution < -0.4 is 4.90 Å². The first-order valence-electron chi connectivity index (χ1n) is 6.32. The van der Waals surface area contributed by atoms with E-state index in [9.17, 15) is 5.11 Å². The van der Waals surface area contributed by atoms with Gasteiger partial charge >= 0.3 is 0 Å². The molecule has 0 radical (unpaired) electrons. The lowest BCUT2D eigenvalue weighted by molar-refractivity contribution is -0.0574. The highest BCUT2D eigenvalue weighted by molar-refractivity contribution is 5.31. The number of aromatic nitrogens is 2. The molecule has 2 heterocycles. The number of ether oxygens (including phenoxy) is 1. The quantitative estimate of drug-likeness (QED) is 0.871. The van der Waals surface area contributed by atoms with Crippen molar-refractivity contribution in [1.82, 2.24) is 9.97 Å². The fraction of sp³-hybridized carbons (Fsp3) is 0.692. The van der Waals surface area contributed by atoms with E-state index in [4.69, 9.17) is 4.74 Å². The van der Waals surface area contributed by atoms with E-state index in [1.54, 1.807) is 0 Å². The lowest BCUT2D eigenvalue weighted by atomic mass is 9.94. The fourth-order valence-corrected chi connectivity index (χ4v) is 2.30. The number of aryl methyl sites for hydroxylation is 2. The van der Waals surface area contributed by atoms with Crippen molar-refractivity contribution in [3.05, 3.63) is 17.5 Å². The highest BCUT2D eigenvalue weighted by Crippen LogP contribution is 2.22. The summed E-state index contributed by atoms with van der Waals surface area (Å²) in [6, 6.07) is 1.94. The Hall–Kier alpha value is -1.20. The summed E-state index contributed by atoms with van der Waals surface area (Å²) in [4.78, 5) is 10.7. The first-order chi connectivity index (χ1) is 8.48.